The van der Waals surface area contributed by atoms with Gasteiger partial charge in [0, 0.05) is 5.56 Å². The van der Waals surface area contributed by atoms with Crippen LogP contribution in [0, 0.1) is 0 Å². The van der Waals surface area contributed by atoms with Crippen molar-refractivity contribution < 1.29 is 14.4 Å². The van der Waals surface area contributed by atoms with Gasteiger partial charge in [0.25, 0.3) is 5.91 Å². The molecular weight excluding hydrogens is 254 g/mol. The number of rotatable bonds is 5. The Hall–Kier alpha value is -1.81. The predicted octanol–water partition coefficient (Wildman–Crippen LogP) is 3.25. The summed E-state index contributed by atoms with van der Waals surface area (Å²) in [6, 6.07) is 7.12. The van der Waals surface area contributed by atoms with Gasteiger partial charge in [0.1, 0.15) is 12.4 Å². The van der Waals surface area contributed by atoms with E-state index >= 15 is 0 Å². The standard InChI is InChI=1S/C16H21NO3/c1-19-17-16(18)14-9-6-10-15(11-14)20-12-13-7-4-2-3-5-8-13/h6-7,9-11H,2-5,8,12H2,1H3,(H,17,18). The van der Waals surface area contributed by atoms with Crippen molar-refractivity contribution in [1.29, 1.82) is 0 Å². The van der Waals surface area contributed by atoms with E-state index in [9.17, 15) is 4.79 Å². The molecule has 0 saturated carbocycles. The van der Waals surface area contributed by atoms with Gasteiger partial charge in [-0.3, -0.25) is 9.63 Å². The second kappa shape index (κ2) is 7.70. The third-order valence-corrected chi connectivity index (χ3v) is 3.35. The number of amides is 1. The lowest BCUT2D eigenvalue weighted by molar-refractivity contribution is 0.0537. The molecular formula is C16H21NO3. The minimum atomic E-state index is -0.272. The highest BCUT2D eigenvalue weighted by molar-refractivity contribution is 5.93. The summed E-state index contributed by atoms with van der Waals surface area (Å²) in [5.41, 5.74) is 4.18. The number of hydroxylamine groups is 1. The van der Waals surface area contributed by atoms with Gasteiger partial charge in [-0.2, -0.15) is 0 Å². The van der Waals surface area contributed by atoms with Gasteiger partial charge in [-0.05, 0) is 49.5 Å². The molecule has 0 spiro atoms. The lowest BCUT2D eigenvalue weighted by Gasteiger charge is -2.10. The molecule has 0 aromatic heterocycles. The molecule has 0 atom stereocenters. The average Bonchev–Trinajstić information content (AvgIpc) is 2.74. The number of hydrogen-bond donors (Lipinski definition) is 1. The van der Waals surface area contributed by atoms with Gasteiger partial charge in [-0.25, -0.2) is 5.48 Å². The molecule has 0 saturated heterocycles. The maximum Gasteiger partial charge on any atom is 0.274 e. The zero-order chi connectivity index (χ0) is 14.2. The largest absolute Gasteiger partial charge is 0.489 e. The first kappa shape index (κ1) is 14.6. The van der Waals surface area contributed by atoms with E-state index in [1.54, 1.807) is 18.2 Å². The SMILES string of the molecule is CONC(=O)c1cccc(OCC2=CCCCCC2)c1. The minimum Gasteiger partial charge on any atom is -0.489 e. The fourth-order valence-electron chi connectivity index (χ4n) is 2.27. The molecule has 1 N–H and O–H groups in total. The Labute approximate surface area is 119 Å². The van der Waals surface area contributed by atoms with Crippen LogP contribution in [0.25, 0.3) is 0 Å². The van der Waals surface area contributed by atoms with E-state index in [1.807, 2.05) is 6.07 Å². The van der Waals surface area contributed by atoms with Crippen LogP contribution >= 0.6 is 0 Å². The lowest BCUT2D eigenvalue weighted by Crippen LogP contribution is -2.21. The van der Waals surface area contributed by atoms with Crippen molar-refractivity contribution in [3.05, 3.63) is 41.5 Å². The second-order valence-electron chi connectivity index (χ2n) is 4.91. The molecule has 108 valence electrons. The quantitative estimate of drug-likeness (QED) is 0.663. The average molecular weight is 275 g/mol. The number of nitrogens with one attached hydrogen (secondary N) is 1. The van der Waals surface area contributed by atoms with Gasteiger partial charge in [0.05, 0.1) is 7.11 Å². The Morgan fingerprint density at radius 3 is 3.05 bits per heavy atom. The van der Waals surface area contributed by atoms with Crippen LogP contribution in [-0.4, -0.2) is 19.6 Å². The topological polar surface area (TPSA) is 47.6 Å². The van der Waals surface area contributed by atoms with Crippen LogP contribution in [-0.2, 0) is 4.84 Å². The molecule has 1 amide bonds. The molecule has 1 aliphatic carbocycles. The summed E-state index contributed by atoms with van der Waals surface area (Å²) in [5.74, 6) is 0.436. The molecule has 0 heterocycles. The van der Waals surface area contributed by atoms with Gasteiger partial charge in [0.15, 0.2) is 0 Å². The molecule has 0 radical (unpaired) electrons. The van der Waals surface area contributed by atoms with Crippen molar-refractivity contribution >= 4 is 5.91 Å². The van der Waals surface area contributed by atoms with Gasteiger partial charge in [-0.15, -0.1) is 0 Å². The smallest absolute Gasteiger partial charge is 0.274 e. The lowest BCUT2D eigenvalue weighted by atomic mass is 10.1. The van der Waals surface area contributed by atoms with E-state index in [2.05, 4.69) is 16.4 Å². The predicted molar refractivity (Wildman–Crippen MR) is 77.6 cm³/mol. The van der Waals surface area contributed by atoms with Crippen LogP contribution in [0.15, 0.2) is 35.9 Å². The number of ether oxygens (including phenoxy) is 1. The molecule has 1 aromatic rings. The summed E-state index contributed by atoms with van der Waals surface area (Å²) in [6.07, 6.45) is 8.36. The normalized spacial score (nSPS) is 15.2. The zero-order valence-corrected chi connectivity index (χ0v) is 11.9. The Bertz CT molecular complexity index is 482. The maximum absolute atomic E-state index is 11.6. The first-order valence-electron chi connectivity index (χ1n) is 7.03. The summed E-state index contributed by atoms with van der Waals surface area (Å²) in [5, 5.41) is 0. The van der Waals surface area contributed by atoms with E-state index in [1.165, 1.54) is 31.9 Å². The molecule has 0 fully saturated rings. The van der Waals surface area contributed by atoms with Crippen LogP contribution in [0.1, 0.15) is 42.5 Å². The molecule has 1 aliphatic rings. The van der Waals surface area contributed by atoms with Crippen molar-refractivity contribution in [2.24, 2.45) is 0 Å². The van der Waals surface area contributed by atoms with Crippen molar-refractivity contribution in [3.8, 4) is 5.75 Å². The summed E-state index contributed by atoms with van der Waals surface area (Å²) in [4.78, 5) is 16.3. The second-order valence-corrected chi connectivity index (χ2v) is 4.91. The van der Waals surface area contributed by atoms with Gasteiger partial charge in [0.2, 0.25) is 0 Å². The number of carbonyl (C=O) groups is 1. The molecule has 1 aromatic carbocycles. The van der Waals surface area contributed by atoms with E-state index in [0.29, 0.717) is 17.9 Å². The van der Waals surface area contributed by atoms with Crippen molar-refractivity contribution in [2.45, 2.75) is 32.1 Å². The number of benzene rings is 1. The zero-order valence-electron chi connectivity index (χ0n) is 11.9. The highest BCUT2D eigenvalue weighted by Gasteiger charge is 2.07. The maximum atomic E-state index is 11.6. The molecule has 0 aliphatic heterocycles. The van der Waals surface area contributed by atoms with E-state index < -0.39 is 0 Å². The van der Waals surface area contributed by atoms with Crippen molar-refractivity contribution in [2.75, 3.05) is 13.7 Å². The molecule has 2 rings (SSSR count). The van der Waals surface area contributed by atoms with E-state index in [4.69, 9.17) is 4.74 Å². The van der Waals surface area contributed by atoms with Crippen LogP contribution in [0.4, 0.5) is 0 Å². The fourth-order valence-corrected chi connectivity index (χ4v) is 2.27. The number of hydrogen-bond acceptors (Lipinski definition) is 3. The summed E-state index contributed by atoms with van der Waals surface area (Å²) in [6.45, 7) is 0.606. The van der Waals surface area contributed by atoms with Gasteiger partial charge >= 0.3 is 0 Å². The third-order valence-electron chi connectivity index (χ3n) is 3.35. The Morgan fingerprint density at radius 2 is 2.20 bits per heavy atom. The van der Waals surface area contributed by atoms with E-state index in [-0.39, 0.29) is 5.91 Å². The molecule has 4 nitrogen and oxygen atoms in total. The Morgan fingerprint density at radius 1 is 1.30 bits per heavy atom. The van der Waals surface area contributed by atoms with Crippen LogP contribution < -0.4 is 10.2 Å². The Balaban J connectivity index is 1.94. The molecule has 0 bridgehead atoms. The first-order valence-corrected chi connectivity index (χ1v) is 7.03. The summed E-state index contributed by atoms with van der Waals surface area (Å²) >= 11 is 0. The Kier molecular flexibility index (Phi) is 5.62. The van der Waals surface area contributed by atoms with Crippen LogP contribution in [0.3, 0.4) is 0 Å². The minimum absolute atomic E-state index is 0.272. The number of carbonyl (C=O) groups excluding carboxylic acids is 1. The highest BCUT2D eigenvalue weighted by atomic mass is 16.6. The molecule has 0 unspecified atom stereocenters. The summed E-state index contributed by atoms with van der Waals surface area (Å²) in [7, 11) is 1.41. The highest BCUT2D eigenvalue weighted by Crippen LogP contribution is 2.19. The van der Waals surface area contributed by atoms with Crippen molar-refractivity contribution in [3.63, 3.8) is 0 Å². The van der Waals surface area contributed by atoms with Crippen LogP contribution in [0.2, 0.25) is 0 Å². The van der Waals surface area contributed by atoms with Crippen molar-refractivity contribution in [1.82, 2.24) is 5.48 Å². The van der Waals surface area contributed by atoms with E-state index in [0.717, 1.165) is 12.8 Å². The van der Waals surface area contributed by atoms with Gasteiger partial charge in [-0.1, -0.05) is 18.6 Å². The fraction of sp³-hybridized carbons (Fsp3) is 0.438. The monoisotopic (exact) mass is 275 g/mol. The summed E-state index contributed by atoms with van der Waals surface area (Å²) < 4.78 is 5.78. The third kappa shape index (κ3) is 4.38. The van der Waals surface area contributed by atoms with Crippen LogP contribution in [0.5, 0.6) is 5.75 Å². The van der Waals surface area contributed by atoms with Gasteiger partial charge < -0.3 is 4.74 Å². The first-order chi connectivity index (χ1) is 9.79. The molecule has 4 heteroatoms. The number of allylic oxidation sites excluding steroid dienone is 1. The molecule has 20 heavy (non-hydrogen) atoms.